The molecule has 5 atom stereocenters. The predicted molar refractivity (Wildman–Crippen MR) is 134 cm³/mol. The van der Waals surface area contributed by atoms with E-state index in [0.29, 0.717) is 12.1 Å². The lowest BCUT2D eigenvalue weighted by atomic mass is 9.85. The Balaban J connectivity index is 1.39. The highest BCUT2D eigenvalue weighted by molar-refractivity contribution is 6.10. The minimum absolute atomic E-state index is 0.00360. The van der Waals surface area contributed by atoms with Gasteiger partial charge in [0.1, 0.15) is 23.8 Å². The van der Waals surface area contributed by atoms with Gasteiger partial charge in [0.2, 0.25) is 11.8 Å². The highest BCUT2D eigenvalue weighted by Gasteiger charge is 2.57. The van der Waals surface area contributed by atoms with Crippen LogP contribution in [0.5, 0.6) is 0 Å². The number of carbonyl (C=O) groups excluding carboxylic acids is 4. The van der Waals surface area contributed by atoms with Gasteiger partial charge in [0.15, 0.2) is 0 Å². The van der Waals surface area contributed by atoms with Gasteiger partial charge < -0.3 is 15.5 Å². The molecule has 2 N–H and O–H groups in total. The van der Waals surface area contributed by atoms with E-state index in [2.05, 4.69) is 25.6 Å². The normalized spacial score (nSPS) is 23.8. The molecular weight excluding hydrogens is 472 g/mol. The van der Waals surface area contributed by atoms with Crippen LogP contribution in [0.15, 0.2) is 53.9 Å². The zero-order valence-corrected chi connectivity index (χ0v) is 21.0. The van der Waals surface area contributed by atoms with E-state index in [4.69, 9.17) is 0 Å². The molecule has 1 aromatic heterocycles. The molecule has 1 saturated carbocycles. The number of nitrogens with zero attached hydrogens (tertiary/aromatic N) is 4. The topological polar surface area (TPSA) is 134 Å². The maximum Gasteiger partial charge on any atom is 0.272 e. The first kappa shape index (κ1) is 24.7. The number of benzene rings is 1. The van der Waals surface area contributed by atoms with Crippen molar-refractivity contribution in [1.29, 1.82) is 0 Å². The summed E-state index contributed by atoms with van der Waals surface area (Å²) in [5, 5.41) is 5.63. The van der Waals surface area contributed by atoms with Gasteiger partial charge in [-0.15, -0.1) is 0 Å². The zero-order chi connectivity index (χ0) is 26.3. The van der Waals surface area contributed by atoms with E-state index in [0.717, 1.165) is 18.6 Å². The van der Waals surface area contributed by atoms with Crippen molar-refractivity contribution < 1.29 is 19.2 Å². The molecule has 1 aromatic carbocycles. The summed E-state index contributed by atoms with van der Waals surface area (Å²) in [5.41, 5.74) is 0.866. The van der Waals surface area contributed by atoms with Gasteiger partial charge in [-0.2, -0.15) is 0 Å². The van der Waals surface area contributed by atoms with Crippen LogP contribution >= 0.6 is 0 Å². The van der Waals surface area contributed by atoms with E-state index >= 15 is 0 Å². The van der Waals surface area contributed by atoms with Gasteiger partial charge in [0, 0.05) is 30.6 Å². The largest absolute Gasteiger partial charge is 0.342 e. The second kappa shape index (κ2) is 9.49. The monoisotopic (exact) mass is 502 g/mol. The quantitative estimate of drug-likeness (QED) is 0.618. The highest BCUT2D eigenvalue weighted by Crippen LogP contribution is 2.45. The first-order chi connectivity index (χ1) is 17.6. The van der Waals surface area contributed by atoms with E-state index in [9.17, 15) is 19.2 Å². The number of rotatable bonds is 6. The Morgan fingerprint density at radius 2 is 1.84 bits per heavy atom. The van der Waals surface area contributed by atoms with Crippen LogP contribution in [0.3, 0.4) is 0 Å². The fourth-order valence-corrected chi connectivity index (χ4v) is 5.62. The van der Waals surface area contributed by atoms with Crippen molar-refractivity contribution in [2.24, 2.45) is 22.2 Å². The van der Waals surface area contributed by atoms with Gasteiger partial charge in [-0.05, 0) is 29.7 Å². The average molecular weight is 503 g/mol. The summed E-state index contributed by atoms with van der Waals surface area (Å²) in [5.74, 6) is -1.46. The van der Waals surface area contributed by atoms with Crippen LogP contribution < -0.4 is 10.6 Å². The first-order valence-corrected chi connectivity index (χ1v) is 12.5. The number of likely N-dealkylation sites (tertiary alicyclic amines) is 1. The van der Waals surface area contributed by atoms with Crippen molar-refractivity contribution in [1.82, 2.24) is 25.5 Å². The van der Waals surface area contributed by atoms with Crippen LogP contribution in [0, 0.1) is 17.3 Å². The van der Waals surface area contributed by atoms with Gasteiger partial charge in [-0.1, -0.05) is 51.1 Å². The smallest absolute Gasteiger partial charge is 0.272 e. The minimum Gasteiger partial charge on any atom is -0.342 e. The molecule has 2 fully saturated rings. The van der Waals surface area contributed by atoms with E-state index in [-0.39, 0.29) is 29.3 Å². The molecule has 10 heteroatoms. The molecule has 0 spiro atoms. The molecular formula is C27H30N6O4. The van der Waals surface area contributed by atoms with Crippen molar-refractivity contribution in [3.05, 3.63) is 60.2 Å². The summed E-state index contributed by atoms with van der Waals surface area (Å²) in [6.45, 7) is 6.06. The highest BCUT2D eigenvalue weighted by atomic mass is 16.2. The van der Waals surface area contributed by atoms with Crippen LogP contribution in [0.25, 0.3) is 0 Å². The van der Waals surface area contributed by atoms with Gasteiger partial charge in [0.05, 0.1) is 6.20 Å². The van der Waals surface area contributed by atoms with Crippen molar-refractivity contribution in [2.45, 2.75) is 51.7 Å². The lowest BCUT2D eigenvalue weighted by Gasteiger charge is -2.36. The maximum absolute atomic E-state index is 13.9. The number of hydrogen-bond acceptors (Lipinski definition) is 6. The molecule has 3 aliphatic rings. The van der Waals surface area contributed by atoms with E-state index in [1.165, 1.54) is 18.6 Å². The van der Waals surface area contributed by atoms with Crippen molar-refractivity contribution >= 4 is 29.3 Å². The van der Waals surface area contributed by atoms with Gasteiger partial charge in [0.25, 0.3) is 11.8 Å². The summed E-state index contributed by atoms with van der Waals surface area (Å²) in [6, 6.07) is 6.22. The lowest BCUT2D eigenvalue weighted by Crippen LogP contribution is -2.58. The van der Waals surface area contributed by atoms with Crippen LogP contribution in [-0.2, 0) is 14.4 Å². The van der Waals surface area contributed by atoms with Gasteiger partial charge in [-0.3, -0.25) is 24.2 Å². The molecule has 0 bridgehead atoms. The number of aromatic nitrogens is 2. The Morgan fingerprint density at radius 3 is 2.51 bits per heavy atom. The maximum atomic E-state index is 13.9. The van der Waals surface area contributed by atoms with E-state index < -0.39 is 35.4 Å². The number of amides is 4. The Hall–Kier alpha value is -3.95. The number of aliphatic imine (C=N–C) groups is 1. The van der Waals surface area contributed by atoms with Gasteiger partial charge >= 0.3 is 0 Å². The second-order valence-corrected chi connectivity index (χ2v) is 10.9. The molecule has 2 aromatic rings. The van der Waals surface area contributed by atoms with Crippen LogP contribution in [-0.4, -0.2) is 62.8 Å². The molecule has 0 unspecified atom stereocenters. The summed E-state index contributed by atoms with van der Waals surface area (Å²) in [6.07, 6.45) is 5.88. The minimum atomic E-state index is -1.07. The van der Waals surface area contributed by atoms with Crippen LogP contribution in [0.2, 0.25) is 0 Å². The molecule has 2 aliphatic heterocycles. The van der Waals surface area contributed by atoms with Crippen molar-refractivity contribution in [3.8, 4) is 0 Å². The molecule has 1 aliphatic carbocycles. The Labute approximate surface area is 215 Å². The third kappa shape index (κ3) is 4.63. The predicted octanol–water partition coefficient (Wildman–Crippen LogP) is 1.70. The van der Waals surface area contributed by atoms with E-state index in [1.54, 1.807) is 29.2 Å². The molecule has 4 amide bonds. The molecule has 0 radical (unpaired) electrons. The first-order valence-electron chi connectivity index (χ1n) is 12.5. The Morgan fingerprint density at radius 1 is 1.08 bits per heavy atom. The lowest BCUT2D eigenvalue weighted by molar-refractivity contribution is -0.143. The molecule has 192 valence electrons. The van der Waals surface area contributed by atoms with Crippen molar-refractivity contribution in [2.75, 3.05) is 6.54 Å². The summed E-state index contributed by atoms with van der Waals surface area (Å²) in [7, 11) is 0. The summed E-state index contributed by atoms with van der Waals surface area (Å²) < 4.78 is 0. The van der Waals surface area contributed by atoms with Crippen LogP contribution in [0.1, 0.15) is 55.7 Å². The molecule has 1 saturated heterocycles. The molecule has 10 nitrogen and oxygen atoms in total. The molecule has 3 heterocycles. The van der Waals surface area contributed by atoms with Crippen LogP contribution in [0.4, 0.5) is 0 Å². The number of nitrogens with one attached hydrogen (secondary N) is 2. The molecule has 37 heavy (non-hydrogen) atoms. The summed E-state index contributed by atoms with van der Waals surface area (Å²) >= 11 is 0. The summed E-state index contributed by atoms with van der Waals surface area (Å²) in [4.78, 5) is 66.9. The third-order valence-electron chi connectivity index (χ3n) is 7.43. The fourth-order valence-electron chi connectivity index (χ4n) is 5.62. The second-order valence-electron chi connectivity index (χ2n) is 10.9. The van der Waals surface area contributed by atoms with Crippen molar-refractivity contribution in [3.63, 3.8) is 0 Å². The number of carbonyl (C=O) groups is 4. The fraction of sp³-hybridized carbons (Fsp3) is 0.444. The third-order valence-corrected chi connectivity index (χ3v) is 7.43. The standard InChI is InChI=1S/C27H30N6O4/c1-27(2,3)22(26(37)33-14-16-9-10-17-19(16)21(33)25(36)30-17)32-24(35)20(15-7-5-4-6-8-15)31-23(34)18-13-28-11-12-29-18/h4-8,11-13,16,19-22H,9-10,14H2,1-3H3,(H,31,34)(H,32,35)/t16-,19+,20-,21-,22+/m0/s1. The Kier molecular flexibility index (Phi) is 6.35. The van der Waals surface area contributed by atoms with E-state index in [1.807, 2.05) is 26.8 Å². The molecule has 5 rings (SSSR count). The SMILES string of the molecule is CC(C)(C)[C@H](NC(=O)[C@@H](NC(=O)c1cnccn1)c1ccccc1)C(=O)N1C[C@@H]2CCC3=NC(=O)[C@@H]1[C@@H]32. The average Bonchev–Trinajstić information content (AvgIpc) is 3.55. The van der Waals surface area contributed by atoms with Gasteiger partial charge in [-0.25, -0.2) is 9.98 Å². The Bertz CT molecular complexity index is 1260. The zero-order valence-electron chi connectivity index (χ0n) is 21.0. The number of hydrogen-bond donors (Lipinski definition) is 2.